The molecule has 0 aliphatic carbocycles. The first kappa shape index (κ1) is 19.1. The molecular weight excluding hydrogens is 370 g/mol. The molecule has 3 heterocycles. The molecule has 4 heteroatoms. The van der Waals surface area contributed by atoms with Gasteiger partial charge in [0.05, 0.1) is 0 Å². The van der Waals surface area contributed by atoms with Crippen LogP contribution in [0.5, 0.6) is 0 Å². The van der Waals surface area contributed by atoms with Crippen LogP contribution in [0.3, 0.4) is 0 Å². The van der Waals surface area contributed by atoms with Crippen LogP contribution in [0.15, 0.2) is 65.6 Å². The molecule has 0 bridgehead atoms. The number of aryl methyl sites for hydroxylation is 1. The molecule has 0 spiro atoms. The molecule has 1 fully saturated rings. The first-order valence-corrected chi connectivity index (χ1v) is 11.2. The molecular formula is C26H29N3O. The fourth-order valence-corrected chi connectivity index (χ4v) is 5.03. The van der Waals surface area contributed by atoms with Crippen molar-refractivity contribution in [3.63, 3.8) is 0 Å². The number of hydrogen-bond acceptors (Lipinski definition) is 2. The van der Waals surface area contributed by atoms with E-state index in [0.717, 1.165) is 24.9 Å². The second-order valence-corrected chi connectivity index (χ2v) is 8.57. The fourth-order valence-electron chi connectivity index (χ4n) is 5.03. The maximum Gasteiger partial charge on any atom is 0.248 e. The normalized spacial score (nSPS) is 15.9. The molecule has 2 N–H and O–H groups in total. The standard InChI is InChI=1S/C26H29N3O/c30-26-17-20(21-8-1-4-11-25(21)28-26)7-5-6-14-29-15-12-19(13-16-29)23-18-27-24-10-3-2-9-22(23)24/h1-4,8-11,17-19,27H,5-7,12-16H2,(H,28,30). The van der Waals surface area contributed by atoms with Crippen LogP contribution in [0.2, 0.25) is 0 Å². The molecule has 0 atom stereocenters. The number of piperidine rings is 1. The van der Waals surface area contributed by atoms with E-state index in [1.54, 1.807) is 6.07 Å². The summed E-state index contributed by atoms with van der Waals surface area (Å²) in [5.74, 6) is 0.666. The zero-order chi connectivity index (χ0) is 20.3. The number of rotatable bonds is 6. The number of pyridine rings is 1. The SMILES string of the molecule is O=c1cc(CCCCN2CCC(c3c[nH]c4ccccc34)CC2)c2ccccc2[nH]1. The predicted octanol–water partition coefficient (Wildman–Crippen LogP) is 5.21. The summed E-state index contributed by atoms with van der Waals surface area (Å²) < 4.78 is 0. The molecule has 0 unspecified atom stereocenters. The van der Waals surface area contributed by atoms with E-state index in [1.807, 2.05) is 18.2 Å². The lowest BCUT2D eigenvalue weighted by atomic mass is 9.89. The van der Waals surface area contributed by atoms with Gasteiger partial charge in [0.15, 0.2) is 0 Å². The molecule has 154 valence electrons. The molecule has 4 aromatic rings. The van der Waals surface area contributed by atoms with E-state index >= 15 is 0 Å². The maximum absolute atomic E-state index is 11.9. The van der Waals surface area contributed by atoms with Crippen molar-refractivity contribution in [2.45, 2.75) is 38.0 Å². The monoisotopic (exact) mass is 399 g/mol. The van der Waals surface area contributed by atoms with Gasteiger partial charge in [0.1, 0.15) is 0 Å². The van der Waals surface area contributed by atoms with Gasteiger partial charge < -0.3 is 14.9 Å². The number of aromatic amines is 2. The van der Waals surface area contributed by atoms with Gasteiger partial charge in [-0.05, 0) is 80.9 Å². The van der Waals surface area contributed by atoms with Crippen molar-refractivity contribution >= 4 is 21.8 Å². The number of nitrogens with one attached hydrogen (secondary N) is 2. The smallest absolute Gasteiger partial charge is 0.248 e. The van der Waals surface area contributed by atoms with Crippen LogP contribution in [-0.2, 0) is 6.42 Å². The molecule has 0 saturated carbocycles. The number of fused-ring (bicyclic) bond motifs is 2. The van der Waals surface area contributed by atoms with E-state index in [2.05, 4.69) is 51.4 Å². The van der Waals surface area contributed by atoms with Crippen molar-refractivity contribution in [2.75, 3.05) is 19.6 Å². The Kier molecular flexibility index (Phi) is 5.41. The number of H-pyrrole nitrogens is 2. The van der Waals surface area contributed by atoms with Gasteiger partial charge >= 0.3 is 0 Å². The number of aromatic nitrogens is 2. The maximum atomic E-state index is 11.9. The Labute approximate surface area is 176 Å². The van der Waals surface area contributed by atoms with Crippen molar-refractivity contribution in [3.8, 4) is 0 Å². The summed E-state index contributed by atoms with van der Waals surface area (Å²) in [5.41, 5.74) is 4.86. The van der Waals surface area contributed by atoms with Gasteiger partial charge in [0.25, 0.3) is 0 Å². The predicted molar refractivity (Wildman–Crippen MR) is 124 cm³/mol. The Bertz CT molecular complexity index is 1200. The second-order valence-electron chi connectivity index (χ2n) is 8.57. The van der Waals surface area contributed by atoms with Crippen molar-refractivity contribution in [1.82, 2.24) is 14.9 Å². The fraction of sp³-hybridized carbons (Fsp3) is 0.346. The molecule has 1 saturated heterocycles. The van der Waals surface area contributed by atoms with Crippen LogP contribution in [0, 0.1) is 0 Å². The molecule has 5 rings (SSSR count). The summed E-state index contributed by atoms with van der Waals surface area (Å²) in [5, 5.41) is 2.57. The van der Waals surface area contributed by atoms with E-state index in [4.69, 9.17) is 0 Å². The summed E-state index contributed by atoms with van der Waals surface area (Å²) in [4.78, 5) is 20.9. The van der Waals surface area contributed by atoms with Gasteiger partial charge in [-0.15, -0.1) is 0 Å². The van der Waals surface area contributed by atoms with Crippen LogP contribution in [0.25, 0.3) is 21.8 Å². The van der Waals surface area contributed by atoms with Crippen LogP contribution in [0.1, 0.15) is 42.7 Å². The number of unbranched alkanes of at least 4 members (excludes halogenated alkanes) is 1. The highest BCUT2D eigenvalue weighted by molar-refractivity contribution is 5.83. The molecule has 2 aromatic heterocycles. The number of hydrogen-bond donors (Lipinski definition) is 2. The average molecular weight is 400 g/mol. The minimum absolute atomic E-state index is 0.00283. The van der Waals surface area contributed by atoms with Gasteiger partial charge in [-0.1, -0.05) is 36.4 Å². The number of likely N-dealkylation sites (tertiary alicyclic amines) is 1. The molecule has 4 nitrogen and oxygen atoms in total. The number of nitrogens with zero attached hydrogens (tertiary/aromatic N) is 1. The summed E-state index contributed by atoms with van der Waals surface area (Å²) in [7, 11) is 0. The quantitative estimate of drug-likeness (QED) is 0.437. The van der Waals surface area contributed by atoms with E-state index < -0.39 is 0 Å². The van der Waals surface area contributed by atoms with Gasteiger partial charge in [-0.2, -0.15) is 0 Å². The Morgan fingerprint density at radius 1 is 0.900 bits per heavy atom. The van der Waals surface area contributed by atoms with Crippen molar-refractivity contribution in [3.05, 3.63) is 82.3 Å². The third-order valence-electron chi connectivity index (χ3n) is 6.66. The minimum Gasteiger partial charge on any atom is -0.361 e. The highest BCUT2D eigenvalue weighted by Crippen LogP contribution is 2.33. The van der Waals surface area contributed by atoms with E-state index in [9.17, 15) is 4.79 Å². The second kappa shape index (κ2) is 8.49. The summed E-state index contributed by atoms with van der Waals surface area (Å²) in [6, 6.07) is 18.5. The first-order valence-electron chi connectivity index (χ1n) is 11.2. The third kappa shape index (κ3) is 3.92. The molecule has 0 radical (unpaired) electrons. The molecule has 30 heavy (non-hydrogen) atoms. The summed E-state index contributed by atoms with van der Waals surface area (Å²) >= 11 is 0. The van der Waals surface area contributed by atoms with E-state index in [-0.39, 0.29) is 5.56 Å². The molecule has 1 aliphatic rings. The van der Waals surface area contributed by atoms with Gasteiger partial charge in [-0.25, -0.2) is 0 Å². The van der Waals surface area contributed by atoms with Crippen molar-refractivity contribution in [2.24, 2.45) is 0 Å². The van der Waals surface area contributed by atoms with Crippen LogP contribution in [-0.4, -0.2) is 34.5 Å². The van der Waals surface area contributed by atoms with E-state index in [1.165, 1.54) is 59.8 Å². The van der Waals surface area contributed by atoms with Gasteiger partial charge in [0.2, 0.25) is 5.56 Å². The lowest BCUT2D eigenvalue weighted by molar-refractivity contribution is 0.209. The van der Waals surface area contributed by atoms with Crippen LogP contribution >= 0.6 is 0 Å². The lowest BCUT2D eigenvalue weighted by Gasteiger charge is -2.32. The zero-order valence-electron chi connectivity index (χ0n) is 17.4. The zero-order valence-corrected chi connectivity index (χ0v) is 17.4. The Hall–Kier alpha value is -2.85. The van der Waals surface area contributed by atoms with Crippen molar-refractivity contribution < 1.29 is 0 Å². The topological polar surface area (TPSA) is 51.9 Å². The number of benzene rings is 2. The lowest BCUT2D eigenvalue weighted by Crippen LogP contribution is -2.33. The molecule has 1 aliphatic heterocycles. The van der Waals surface area contributed by atoms with Gasteiger partial charge in [-0.3, -0.25) is 4.79 Å². The summed E-state index contributed by atoms with van der Waals surface area (Å²) in [6.45, 7) is 3.51. The minimum atomic E-state index is 0.00283. The largest absolute Gasteiger partial charge is 0.361 e. The summed E-state index contributed by atoms with van der Waals surface area (Å²) in [6.07, 6.45) is 7.96. The highest BCUT2D eigenvalue weighted by atomic mass is 16.1. The van der Waals surface area contributed by atoms with Crippen LogP contribution in [0.4, 0.5) is 0 Å². The first-order chi connectivity index (χ1) is 14.8. The average Bonchev–Trinajstić information content (AvgIpc) is 3.21. The number of para-hydroxylation sites is 2. The third-order valence-corrected chi connectivity index (χ3v) is 6.66. The van der Waals surface area contributed by atoms with Crippen molar-refractivity contribution in [1.29, 1.82) is 0 Å². The Morgan fingerprint density at radius 3 is 2.47 bits per heavy atom. The highest BCUT2D eigenvalue weighted by Gasteiger charge is 2.22. The Balaban J connectivity index is 1.13. The van der Waals surface area contributed by atoms with E-state index in [0.29, 0.717) is 5.92 Å². The Morgan fingerprint density at radius 2 is 1.63 bits per heavy atom. The molecule has 0 amide bonds. The van der Waals surface area contributed by atoms with Crippen LogP contribution < -0.4 is 5.56 Å². The molecule has 2 aromatic carbocycles. The van der Waals surface area contributed by atoms with Gasteiger partial charge in [0, 0.05) is 34.1 Å².